The fourth-order valence-corrected chi connectivity index (χ4v) is 2.52. The second-order valence-electron chi connectivity index (χ2n) is 4.26. The Morgan fingerprint density at radius 2 is 2.14 bits per heavy atom. The number of H-pyrrole nitrogens is 1. The molecule has 2 heterocycles. The molecule has 2 aliphatic rings. The number of rotatable bonds is 2. The predicted molar refractivity (Wildman–Crippen MR) is 55.6 cm³/mol. The van der Waals surface area contributed by atoms with E-state index in [2.05, 4.69) is 15.5 Å². The van der Waals surface area contributed by atoms with E-state index in [-0.39, 0.29) is 0 Å². The van der Waals surface area contributed by atoms with Gasteiger partial charge in [-0.05, 0) is 32.2 Å². The van der Waals surface area contributed by atoms with Crippen LogP contribution in [-0.2, 0) is 0 Å². The van der Waals surface area contributed by atoms with E-state index in [0.29, 0.717) is 12.0 Å². The summed E-state index contributed by atoms with van der Waals surface area (Å²) in [4.78, 5) is 0. The van der Waals surface area contributed by atoms with Crippen LogP contribution in [0.15, 0.2) is 0 Å². The van der Waals surface area contributed by atoms with Crippen LogP contribution < -0.4 is 5.32 Å². The van der Waals surface area contributed by atoms with E-state index in [0.717, 1.165) is 23.0 Å². The maximum absolute atomic E-state index is 6.31. The van der Waals surface area contributed by atoms with Gasteiger partial charge in [-0.3, -0.25) is 5.10 Å². The molecule has 0 aromatic carbocycles. The maximum atomic E-state index is 6.31. The minimum absolute atomic E-state index is 0.405. The van der Waals surface area contributed by atoms with Crippen molar-refractivity contribution in [2.75, 3.05) is 6.54 Å². The summed E-state index contributed by atoms with van der Waals surface area (Å²) in [6.07, 6.45) is 4.91. The SMILES string of the molecule is Clc1c(C2CC2)n[nH]c1C1CCCN1. The summed E-state index contributed by atoms with van der Waals surface area (Å²) in [6, 6.07) is 0.405. The van der Waals surface area contributed by atoms with Crippen molar-refractivity contribution in [2.24, 2.45) is 0 Å². The van der Waals surface area contributed by atoms with Gasteiger partial charge in [-0.2, -0.15) is 5.10 Å². The van der Waals surface area contributed by atoms with Gasteiger partial charge >= 0.3 is 0 Å². The number of hydrogen-bond acceptors (Lipinski definition) is 2. The highest BCUT2D eigenvalue weighted by Crippen LogP contribution is 2.44. The standard InChI is InChI=1S/C10H14ClN3/c11-8-9(6-3-4-6)13-14-10(8)7-2-1-5-12-7/h6-7,12H,1-5H2,(H,13,14). The van der Waals surface area contributed by atoms with Crippen LogP contribution in [0.4, 0.5) is 0 Å². The number of nitrogens with one attached hydrogen (secondary N) is 2. The van der Waals surface area contributed by atoms with Gasteiger partial charge in [-0.15, -0.1) is 0 Å². The van der Waals surface area contributed by atoms with E-state index in [1.54, 1.807) is 0 Å². The van der Waals surface area contributed by atoms with E-state index >= 15 is 0 Å². The molecule has 14 heavy (non-hydrogen) atoms. The van der Waals surface area contributed by atoms with Gasteiger partial charge in [0.2, 0.25) is 0 Å². The molecule has 1 aromatic rings. The number of aromatic nitrogens is 2. The molecule has 76 valence electrons. The van der Waals surface area contributed by atoms with Crippen LogP contribution in [0.3, 0.4) is 0 Å². The topological polar surface area (TPSA) is 40.7 Å². The summed E-state index contributed by atoms with van der Waals surface area (Å²) < 4.78 is 0. The van der Waals surface area contributed by atoms with Crippen molar-refractivity contribution in [3.8, 4) is 0 Å². The minimum Gasteiger partial charge on any atom is -0.309 e. The van der Waals surface area contributed by atoms with Crippen molar-refractivity contribution in [1.29, 1.82) is 0 Å². The number of aromatic amines is 1. The second-order valence-corrected chi connectivity index (χ2v) is 4.64. The van der Waals surface area contributed by atoms with Crippen LogP contribution in [0.5, 0.6) is 0 Å². The van der Waals surface area contributed by atoms with Crippen molar-refractivity contribution in [1.82, 2.24) is 15.5 Å². The Kier molecular flexibility index (Phi) is 2.03. The highest BCUT2D eigenvalue weighted by molar-refractivity contribution is 6.32. The molecule has 0 bridgehead atoms. The molecule has 0 spiro atoms. The quantitative estimate of drug-likeness (QED) is 0.789. The van der Waals surface area contributed by atoms with Gasteiger partial charge < -0.3 is 5.32 Å². The lowest BCUT2D eigenvalue weighted by Crippen LogP contribution is -2.13. The maximum Gasteiger partial charge on any atom is 0.0866 e. The molecular weight excluding hydrogens is 198 g/mol. The van der Waals surface area contributed by atoms with Crippen LogP contribution in [0, 0.1) is 0 Å². The number of hydrogen-bond donors (Lipinski definition) is 2. The molecule has 1 saturated carbocycles. The third-order valence-electron chi connectivity index (χ3n) is 3.13. The molecule has 0 radical (unpaired) electrons. The molecule has 2 fully saturated rings. The number of nitrogens with zero attached hydrogens (tertiary/aromatic N) is 1. The lowest BCUT2D eigenvalue weighted by Gasteiger charge is -2.07. The third kappa shape index (κ3) is 1.35. The fraction of sp³-hybridized carbons (Fsp3) is 0.700. The van der Waals surface area contributed by atoms with Gasteiger partial charge in [-0.25, -0.2) is 0 Å². The zero-order valence-corrected chi connectivity index (χ0v) is 8.77. The zero-order valence-electron chi connectivity index (χ0n) is 8.02. The first kappa shape index (κ1) is 8.74. The lowest BCUT2D eigenvalue weighted by atomic mass is 10.1. The van der Waals surface area contributed by atoms with Crippen LogP contribution in [0.1, 0.15) is 49.0 Å². The smallest absolute Gasteiger partial charge is 0.0866 e. The van der Waals surface area contributed by atoms with Crippen LogP contribution in [0.2, 0.25) is 5.02 Å². The summed E-state index contributed by atoms with van der Waals surface area (Å²) in [5.41, 5.74) is 2.20. The zero-order chi connectivity index (χ0) is 9.54. The summed E-state index contributed by atoms with van der Waals surface area (Å²) in [7, 11) is 0. The number of halogens is 1. The Morgan fingerprint density at radius 3 is 2.79 bits per heavy atom. The molecule has 1 saturated heterocycles. The summed E-state index contributed by atoms with van der Waals surface area (Å²) >= 11 is 6.31. The third-order valence-corrected chi connectivity index (χ3v) is 3.53. The van der Waals surface area contributed by atoms with Crippen molar-refractivity contribution in [3.05, 3.63) is 16.4 Å². The van der Waals surface area contributed by atoms with E-state index in [1.807, 2.05) is 0 Å². The monoisotopic (exact) mass is 211 g/mol. The molecule has 4 heteroatoms. The van der Waals surface area contributed by atoms with Crippen molar-refractivity contribution >= 4 is 11.6 Å². The molecule has 0 amide bonds. The van der Waals surface area contributed by atoms with Gasteiger partial charge in [0.1, 0.15) is 0 Å². The molecule has 3 nitrogen and oxygen atoms in total. The van der Waals surface area contributed by atoms with Gasteiger partial charge in [0.25, 0.3) is 0 Å². The first-order valence-corrected chi connectivity index (χ1v) is 5.71. The largest absolute Gasteiger partial charge is 0.309 e. The molecule has 1 atom stereocenters. The average Bonchev–Trinajstić information content (AvgIpc) is 2.76. The van der Waals surface area contributed by atoms with Crippen LogP contribution in [0.25, 0.3) is 0 Å². The van der Waals surface area contributed by atoms with Gasteiger partial charge in [-0.1, -0.05) is 11.6 Å². The lowest BCUT2D eigenvalue weighted by molar-refractivity contribution is 0.625. The molecule has 1 aromatic heterocycles. The van der Waals surface area contributed by atoms with E-state index < -0.39 is 0 Å². The molecule has 1 unspecified atom stereocenters. The molecule has 1 aliphatic carbocycles. The fourth-order valence-electron chi connectivity index (χ4n) is 2.15. The average molecular weight is 212 g/mol. The van der Waals surface area contributed by atoms with Crippen molar-refractivity contribution < 1.29 is 0 Å². The molecule has 1 aliphatic heterocycles. The van der Waals surface area contributed by atoms with Gasteiger partial charge in [0.15, 0.2) is 0 Å². The van der Waals surface area contributed by atoms with E-state index in [1.165, 1.54) is 25.7 Å². The minimum atomic E-state index is 0.405. The van der Waals surface area contributed by atoms with Crippen LogP contribution in [-0.4, -0.2) is 16.7 Å². The summed E-state index contributed by atoms with van der Waals surface area (Å²) in [5.74, 6) is 0.633. The normalized spacial score (nSPS) is 27.1. The molecule has 2 N–H and O–H groups in total. The molecule has 3 rings (SSSR count). The predicted octanol–water partition coefficient (Wildman–Crippen LogP) is 2.36. The Morgan fingerprint density at radius 1 is 1.29 bits per heavy atom. The summed E-state index contributed by atoms with van der Waals surface area (Å²) in [5, 5.41) is 11.7. The van der Waals surface area contributed by atoms with E-state index in [9.17, 15) is 0 Å². The first-order valence-electron chi connectivity index (χ1n) is 5.33. The van der Waals surface area contributed by atoms with Crippen molar-refractivity contribution in [3.63, 3.8) is 0 Å². The Balaban J connectivity index is 1.89. The highest BCUT2D eigenvalue weighted by Gasteiger charge is 2.31. The van der Waals surface area contributed by atoms with Crippen molar-refractivity contribution in [2.45, 2.75) is 37.6 Å². The van der Waals surface area contributed by atoms with E-state index in [4.69, 9.17) is 11.6 Å². The second kappa shape index (κ2) is 3.24. The van der Waals surface area contributed by atoms with Gasteiger partial charge in [0, 0.05) is 5.92 Å². The Labute approximate surface area is 88.2 Å². The van der Waals surface area contributed by atoms with Gasteiger partial charge in [0.05, 0.1) is 22.5 Å². The Hall–Kier alpha value is -0.540. The highest BCUT2D eigenvalue weighted by atomic mass is 35.5. The summed E-state index contributed by atoms with van der Waals surface area (Å²) in [6.45, 7) is 1.10. The first-order chi connectivity index (χ1) is 6.86. The van der Waals surface area contributed by atoms with Crippen LogP contribution >= 0.6 is 11.6 Å². The molecular formula is C10H14ClN3. The Bertz CT molecular complexity index is 337.